The van der Waals surface area contributed by atoms with Gasteiger partial charge in [0.15, 0.2) is 0 Å². The van der Waals surface area contributed by atoms with Crippen LogP contribution in [0.25, 0.3) is 0 Å². The van der Waals surface area contributed by atoms with Crippen LogP contribution in [0.2, 0.25) is 0 Å². The summed E-state index contributed by atoms with van der Waals surface area (Å²) in [6.07, 6.45) is 9.05. The van der Waals surface area contributed by atoms with Gasteiger partial charge in [-0.3, -0.25) is 0 Å². The van der Waals surface area contributed by atoms with Gasteiger partial charge in [-0.05, 0) is 24.9 Å². The zero-order chi connectivity index (χ0) is 9.68. The highest BCUT2D eigenvalue weighted by atomic mass is 32.2. The van der Waals surface area contributed by atoms with Crippen molar-refractivity contribution in [2.75, 3.05) is 12.0 Å². The highest BCUT2D eigenvalue weighted by Crippen LogP contribution is 2.02. The van der Waals surface area contributed by atoms with Gasteiger partial charge in [-0.25, -0.2) is 9.13 Å². The fourth-order valence-corrected chi connectivity index (χ4v) is 1.86. The number of rotatable bonds is 5. The van der Waals surface area contributed by atoms with Crippen molar-refractivity contribution in [1.29, 1.82) is 0 Å². The van der Waals surface area contributed by atoms with Crippen molar-refractivity contribution in [3.8, 4) is 0 Å². The largest absolute Gasteiger partial charge is 0.253 e. The molecule has 0 saturated carbocycles. The van der Waals surface area contributed by atoms with Gasteiger partial charge in [-0.2, -0.15) is 11.8 Å². The van der Waals surface area contributed by atoms with E-state index in [2.05, 4.69) is 41.8 Å². The topological polar surface area (TPSA) is 8.81 Å². The second-order valence-corrected chi connectivity index (χ2v) is 4.34. The highest BCUT2D eigenvalue weighted by molar-refractivity contribution is 7.98. The average Bonchev–Trinajstić information content (AvgIpc) is 2.43. The van der Waals surface area contributed by atoms with Crippen molar-refractivity contribution in [2.24, 2.45) is 7.05 Å². The molecule has 1 heterocycles. The van der Waals surface area contributed by atoms with E-state index in [1.54, 1.807) is 0 Å². The molecule has 1 rings (SSSR count). The van der Waals surface area contributed by atoms with Gasteiger partial charge < -0.3 is 0 Å². The summed E-state index contributed by atoms with van der Waals surface area (Å²) < 4.78 is 4.48. The Morgan fingerprint density at radius 2 is 2.23 bits per heavy atom. The standard InChI is InChI=1S/C10H19N2S/c1-10-11(2)7-8-12(10)6-4-5-9-13-3/h7-8H,4-6,9H2,1-3H3/q+1. The van der Waals surface area contributed by atoms with Gasteiger partial charge in [0.2, 0.25) is 0 Å². The quantitative estimate of drug-likeness (QED) is 0.518. The number of aromatic nitrogens is 2. The lowest BCUT2D eigenvalue weighted by Crippen LogP contribution is -2.29. The molecule has 0 atom stereocenters. The molecule has 0 aliphatic rings. The van der Waals surface area contributed by atoms with Crippen LogP contribution < -0.4 is 4.57 Å². The summed E-state index contributed by atoms with van der Waals surface area (Å²) in [7, 11) is 2.09. The van der Waals surface area contributed by atoms with Crippen molar-refractivity contribution >= 4 is 11.8 Å². The molecule has 2 nitrogen and oxygen atoms in total. The maximum Gasteiger partial charge on any atom is 0.253 e. The van der Waals surface area contributed by atoms with Gasteiger partial charge in [0, 0.05) is 6.92 Å². The molecule has 0 bridgehead atoms. The van der Waals surface area contributed by atoms with Crippen molar-refractivity contribution in [3.63, 3.8) is 0 Å². The van der Waals surface area contributed by atoms with Crippen molar-refractivity contribution in [1.82, 2.24) is 4.57 Å². The SMILES string of the molecule is CSCCCCn1cc[n+](C)c1C. The van der Waals surface area contributed by atoms with Crippen molar-refractivity contribution < 1.29 is 4.57 Å². The highest BCUT2D eigenvalue weighted by Gasteiger charge is 2.06. The first kappa shape index (κ1) is 10.6. The van der Waals surface area contributed by atoms with Crippen LogP contribution in [0.3, 0.4) is 0 Å². The van der Waals surface area contributed by atoms with Gasteiger partial charge in [-0.1, -0.05) is 0 Å². The Kier molecular flexibility index (Phi) is 4.36. The molecule has 0 amide bonds. The van der Waals surface area contributed by atoms with Gasteiger partial charge in [-0.15, -0.1) is 0 Å². The van der Waals surface area contributed by atoms with Crippen molar-refractivity contribution in [2.45, 2.75) is 26.3 Å². The van der Waals surface area contributed by atoms with Crippen LogP contribution in [0, 0.1) is 6.92 Å². The molecule has 0 aliphatic carbocycles. The lowest BCUT2D eigenvalue weighted by atomic mass is 10.3. The number of aryl methyl sites for hydroxylation is 2. The summed E-state index contributed by atoms with van der Waals surface area (Å²) in [5, 5.41) is 0. The predicted molar refractivity (Wildman–Crippen MR) is 58.0 cm³/mol. The van der Waals surface area contributed by atoms with Gasteiger partial charge in [0.25, 0.3) is 5.82 Å². The molecule has 0 saturated heterocycles. The Balaban J connectivity index is 2.32. The lowest BCUT2D eigenvalue weighted by Gasteiger charge is -1.98. The minimum atomic E-state index is 1.16. The van der Waals surface area contributed by atoms with Crippen LogP contribution in [0.1, 0.15) is 18.7 Å². The van der Waals surface area contributed by atoms with E-state index in [0.29, 0.717) is 0 Å². The summed E-state index contributed by atoms with van der Waals surface area (Å²) in [6.45, 7) is 3.32. The van der Waals surface area contributed by atoms with Gasteiger partial charge in [0.1, 0.15) is 12.4 Å². The van der Waals surface area contributed by atoms with Crippen LogP contribution >= 0.6 is 11.8 Å². The zero-order valence-corrected chi connectivity index (χ0v) is 9.60. The average molecular weight is 199 g/mol. The van der Waals surface area contributed by atoms with E-state index in [1.807, 2.05) is 11.8 Å². The lowest BCUT2D eigenvalue weighted by molar-refractivity contribution is -0.677. The molecule has 13 heavy (non-hydrogen) atoms. The monoisotopic (exact) mass is 199 g/mol. The van der Waals surface area contributed by atoms with Crippen LogP contribution in [-0.4, -0.2) is 16.6 Å². The van der Waals surface area contributed by atoms with Crippen molar-refractivity contribution in [3.05, 3.63) is 18.2 Å². The molecule has 0 unspecified atom stereocenters. The van der Waals surface area contributed by atoms with Crippen LogP contribution in [0.4, 0.5) is 0 Å². The van der Waals surface area contributed by atoms with E-state index in [9.17, 15) is 0 Å². The molecule has 74 valence electrons. The molecule has 0 radical (unpaired) electrons. The second-order valence-electron chi connectivity index (χ2n) is 3.35. The summed E-state index contributed by atoms with van der Waals surface area (Å²) in [5.74, 6) is 2.62. The number of thioether (sulfide) groups is 1. The third-order valence-corrected chi connectivity index (χ3v) is 3.09. The smallest absolute Gasteiger partial charge is 0.237 e. The van der Waals surface area contributed by atoms with E-state index < -0.39 is 0 Å². The Morgan fingerprint density at radius 1 is 1.46 bits per heavy atom. The Morgan fingerprint density at radius 3 is 2.77 bits per heavy atom. The number of imidazole rings is 1. The third kappa shape index (κ3) is 3.07. The second kappa shape index (κ2) is 5.32. The summed E-state index contributed by atoms with van der Waals surface area (Å²) >= 11 is 1.93. The minimum absolute atomic E-state index is 1.16. The molecule has 0 fully saturated rings. The molecule has 1 aromatic heterocycles. The predicted octanol–water partition coefficient (Wildman–Crippen LogP) is 1.76. The Bertz CT molecular complexity index is 255. The molecule has 0 spiro atoms. The molecular formula is C10H19N2S+. The summed E-state index contributed by atoms with van der Waals surface area (Å²) in [5.41, 5.74) is 0. The zero-order valence-electron chi connectivity index (χ0n) is 8.79. The molecular weight excluding hydrogens is 180 g/mol. The van der Waals surface area contributed by atoms with E-state index in [-0.39, 0.29) is 0 Å². The number of nitrogens with zero attached hydrogens (tertiary/aromatic N) is 2. The maximum absolute atomic E-state index is 2.32. The Hall–Kier alpha value is -0.440. The van der Waals surface area contributed by atoms with Gasteiger partial charge in [0.05, 0.1) is 13.6 Å². The maximum atomic E-state index is 2.32. The van der Waals surface area contributed by atoms with E-state index in [1.165, 1.54) is 24.4 Å². The van der Waals surface area contributed by atoms with Crippen LogP contribution in [0.15, 0.2) is 12.4 Å². The third-order valence-electron chi connectivity index (χ3n) is 2.39. The fraction of sp³-hybridized carbons (Fsp3) is 0.700. The number of hydrogen-bond acceptors (Lipinski definition) is 1. The first-order valence-electron chi connectivity index (χ1n) is 4.76. The number of unbranched alkanes of at least 4 members (excludes halogenated alkanes) is 1. The molecule has 0 N–H and O–H groups in total. The molecule has 1 aromatic rings. The first-order chi connectivity index (χ1) is 6.25. The molecule has 0 aromatic carbocycles. The first-order valence-corrected chi connectivity index (χ1v) is 6.15. The number of hydrogen-bond donors (Lipinski definition) is 0. The van der Waals surface area contributed by atoms with E-state index in [4.69, 9.17) is 0 Å². The fourth-order valence-electron chi connectivity index (χ4n) is 1.36. The minimum Gasteiger partial charge on any atom is -0.237 e. The summed E-state index contributed by atoms with van der Waals surface area (Å²) in [4.78, 5) is 0. The van der Waals surface area contributed by atoms with Gasteiger partial charge >= 0.3 is 0 Å². The van der Waals surface area contributed by atoms with Crippen LogP contribution in [0.5, 0.6) is 0 Å². The van der Waals surface area contributed by atoms with E-state index >= 15 is 0 Å². The molecule has 3 heteroatoms. The molecule has 0 aliphatic heterocycles. The Labute approximate surface area is 85.0 Å². The summed E-state index contributed by atoms with van der Waals surface area (Å²) in [6, 6.07) is 0. The normalized spacial score (nSPS) is 10.7. The van der Waals surface area contributed by atoms with Crippen LogP contribution in [-0.2, 0) is 13.6 Å². The van der Waals surface area contributed by atoms with E-state index in [0.717, 1.165) is 6.54 Å².